The van der Waals surface area contributed by atoms with Gasteiger partial charge in [-0.2, -0.15) is 5.10 Å². The third kappa shape index (κ3) is 6.25. The molecule has 9 nitrogen and oxygen atoms in total. The molecule has 3 aromatic carbocycles. The van der Waals surface area contributed by atoms with E-state index in [1.165, 1.54) is 6.07 Å². The summed E-state index contributed by atoms with van der Waals surface area (Å²) in [6.07, 6.45) is 2.70. The molecule has 42 heavy (non-hydrogen) atoms. The van der Waals surface area contributed by atoms with Crippen molar-refractivity contribution in [3.05, 3.63) is 83.3 Å². The predicted octanol–water partition coefficient (Wildman–Crippen LogP) is 5.32. The molecule has 1 aromatic heterocycles. The number of hydrogen-bond acceptors (Lipinski definition) is 5. The number of amides is 2. The number of hydrogen-bond donors (Lipinski definition) is 3. The molecule has 0 spiro atoms. The Morgan fingerprint density at radius 2 is 1.71 bits per heavy atom. The Bertz CT molecular complexity index is 1730. The monoisotopic (exact) mass is 567 g/mol. The minimum absolute atomic E-state index is 0.143. The van der Waals surface area contributed by atoms with E-state index < -0.39 is 30.0 Å². The van der Waals surface area contributed by atoms with Gasteiger partial charge in [-0.3, -0.25) is 19.1 Å². The number of aliphatic carboxylic acids is 1. The maximum Gasteiger partial charge on any atom is 0.307 e. The summed E-state index contributed by atoms with van der Waals surface area (Å²) < 4.78 is 15.5. The average Bonchev–Trinajstić information content (AvgIpc) is 3.36. The number of fused-ring (bicyclic) bond motifs is 1. The molecule has 2 heterocycles. The van der Waals surface area contributed by atoms with Crippen LogP contribution >= 0.6 is 0 Å². The normalized spacial score (nSPS) is 12.9. The Morgan fingerprint density at radius 1 is 0.952 bits per heavy atom. The van der Waals surface area contributed by atoms with Gasteiger partial charge in [0.25, 0.3) is 11.8 Å². The highest BCUT2D eigenvalue weighted by Crippen LogP contribution is 2.31. The molecule has 0 radical (unpaired) electrons. The van der Waals surface area contributed by atoms with Gasteiger partial charge in [0.2, 0.25) is 0 Å². The van der Waals surface area contributed by atoms with Crippen LogP contribution in [0.4, 0.5) is 21.5 Å². The van der Waals surface area contributed by atoms with Crippen LogP contribution in [0.3, 0.4) is 0 Å². The summed E-state index contributed by atoms with van der Waals surface area (Å²) in [5, 5.41) is 20.1. The maximum absolute atomic E-state index is 13.8. The fourth-order valence-corrected chi connectivity index (χ4v) is 5.13. The standard InChI is InChI=1S/C32H30FN5O4/c1-2-3-17-38-27-10-6-5-9-24(27)30(36-38)32(42)35-26-19-21(11-14-28(26)37-15-7-4-8-16-37)31(41)34-25-13-12-23(33)18-22(25)20-29(39)40/h5-6,9-14,18-19H,4,7-8,15-17,20H2,1H3,(H,34,41)(H,35,42)(H,39,40). The van der Waals surface area contributed by atoms with Crippen molar-refractivity contribution in [3.8, 4) is 11.8 Å². The molecule has 0 atom stereocenters. The number of halogens is 1. The van der Waals surface area contributed by atoms with Gasteiger partial charge in [-0.25, -0.2) is 4.39 Å². The number of rotatable bonds is 8. The highest BCUT2D eigenvalue weighted by molar-refractivity contribution is 6.13. The summed E-state index contributed by atoms with van der Waals surface area (Å²) in [7, 11) is 0. The second-order valence-corrected chi connectivity index (χ2v) is 10.0. The minimum Gasteiger partial charge on any atom is -0.481 e. The van der Waals surface area contributed by atoms with Gasteiger partial charge in [-0.05, 0) is 74.2 Å². The van der Waals surface area contributed by atoms with Crippen LogP contribution in [0.5, 0.6) is 0 Å². The fourth-order valence-electron chi connectivity index (χ4n) is 5.13. The smallest absolute Gasteiger partial charge is 0.307 e. The Kier molecular flexibility index (Phi) is 8.48. The number of carboxylic acid groups (broad SMARTS) is 1. The summed E-state index contributed by atoms with van der Waals surface area (Å²) in [6, 6.07) is 16.1. The van der Waals surface area contributed by atoms with Gasteiger partial charge in [-0.1, -0.05) is 24.1 Å². The first-order valence-electron chi connectivity index (χ1n) is 13.7. The van der Waals surface area contributed by atoms with E-state index in [2.05, 4.69) is 32.5 Å². The van der Waals surface area contributed by atoms with E-state index in [9.17, 15) is 23.9 Å². The molecule has 1 aliphatic rings. The van der Waals surface area contributed by atoms with E-state index in [1.807, 2.05) is 24.3 Å². The Labute approximate surface area is 242 Å². The SMILES string of the molecule is CC#CCn1nc(C(=O)Nc2cc(C(=O)Nc3ccc(F)cc3CC(=O)O)ccc2N2CCCCC2)c2ccccc21. The van der Waals surface area contributed by atoms with Crippen molar-refractivity contribution in [2.24, 2.45) is 0 Å². The Balaban J connectivity index is 1.48. The first-order valence-corrected chi connectivity index (χ1v) is 13.7. The van der Waals surface area contributed by atoms with Crippen LogP contribution in [0.15, 0.2) is 60.7 Å². The number of nitrogens with zero attached hydrogens (tertiary/aromatic N) is 3. The van der Waals surface area contributed by atoms with E-state index in [4.69, 9.17) is 0 Å². The van der Waals surface area contributed by atoms with Gasteiger partial charge >= 0.3 is 5.97 Å². The molecule has 0 bridgehead atoms. The molecule has 2 amide bonds. The lowest BCUT2D eigenvalue weighted by molar-refractivity contribution is -0.136. The largest absolute Gasteiger partial charge is 0.481 e. The summed E-state index contributed by atoms with van der Waals surface area (Å²) >= 11 is 0. The molecule has 1 saturated heterocycles. The maximum atomic E-state index is 13.8. The molecule has 3 N–H and O–H groups in total. The molecule has 1 aliphatic heterocycles. The fraction of sp³-hybridized carbons (Fsp3) is 0.250. The molecular weight excluding hydrogens is 537 g/mol. The van der Waals surface area contributed by atoms with Crippen molar-refractivity contribution in [1.29, 1.82) is 0 Å². The number of aromatic nitrogens is 2. The molecule has 1 fully saturated rings. The summed E-state index contributed by atoms with van der Waals surface area (Å²) in [5.74, 6) is 3.13. The molecule has 0 unspecified atom stereocenters. The van der Waals surface area contributed by atoms with Crippen LogP contribution in [0, 0.1) is 17.7 Å². The van der Waals surface area contributed by atoms with Gasteiger partial charge in [-0.15, -0.1) is 5.92 Å². The molecule has 10 heteroatoms. The van der Waals surface area contributed by atoms with Crippen LogP contribution in [0.25, 0.3) is 10.9 Å². The summed E-state index contributed by atoms with van der Waals surface area (Å²) in [5.41, 5.74) is 2.84. The topological polar surface area (TPSA) is 117 Å². The highest BCUT2D eigenvalue weighted by Gasteiger charge is 2.22. The lowest BCUT2D eigenvalue weighted by Crippen LogP contribution is -2.30. The van der Waals surface area contributed by atoms with E-state index in [0.717, 1.165) is 55.7 Å². The van der Waals surface area contributed by atoms with E-state index in [0.29, 0.717) is 17.6 Å². The van der Waals surface area contributed by atoms with Crippen LogP contribution in [0.2, 0.25) is 0 Å². The molecule has 5 rings (SSSR count). The van der Waals surface area contributed by atoms with E-state index in [-0.39, 0.29) is 22.5 Å². The first kappa shape index (κ1) is 28.4. The van der Waals surface area contributed by atoms with Crippen molar-refractivity contribution in [2.75, 3.05) is 28.6 Å². The lowest BCUT2D eigenvalue weighted by Gasteiger charge is -2.30. The van der Waals surface area contributed by atoms with E-state index >= 15 is 0 Å². The zero-order valence-electron chi connectivity index (χ0n) is 23.1. The number of carbonyl (C=O) groups excluding carboxylic acids is 2. The second kappa shape index (κ2) is 12.6. The van der Waals surface area contributed by atoms with Crippen molar-refractivity contribution in [3.63, 3.8) is 0 Å². The predicted molar refractivity (Wildman–Crippen MR) is 159 cm³/mol. The number of carbonyl (C=O) groups is 3. The quantitative estimate of drug-likeness (QED) is 0.248. The molecule has 0 saturated carbocycles. The zero-order chi connectivity index (χ0) is 29.6. The van der Waals surface area contributed by atoms with Crippen LogP contribution in [-0.4, -0.2) is 45.8 Å². The molecule has 4 aromatic rings. The van der Waals surface area contributed by atoms with Gasteiger partial charge in [0, 0.05) is 29.7 Å². The van der Waals surface area contributed by atoms with E-state index in [1.54, 1.807) is 29.8 Å². The molecule has 0 aliphatic carbocycles. The van der Waals surface area contributed by atoms with Gasteiger partial charge < -0.3 is 20.6 Å². The third-order valence-corrected chi connectivity index (χ3v) is 7.14. The third-order valence-electron chi connectivity index (χ3n) is 7.14. The van der Waals surface area contributed by atoms with Crippen molar-refractivity contribution < 1.29 is 23.9 Å². The van der Waals surface area contributed by atoms with Crippen molar-refractivity contribution in [1.82, 2.24) is 9.78 Å². The number of nitrogens with one attached hydrogen (secondary N) is 2. The van der Waals surface area contributed by atoms with Gasteiger partial charge in [0.05, 0.1) is 23.3 Å². The zero-order valence-corrected chi connectivity index (χ0v) is 23.1. The van der Waals surface area contributed by atoms with Crippen LogP contribution in [0.1, 0.15) is 52.6 Å². The molecule has 214 valence electrons. The Morgan fingerprint density at radius 3 is 2.48 bits per heavy atom. The highest BCUT2D eigenvalue weighted by atomic mass is 19.1. The Hall–Kier alpha value is -5.17. The summed E-state index contributed by atoms with van der Waals surface area (Å²) in [4.78, 5) is 40.4. The second-order valence-electron chi connectivity index (χ2n) is 10.0. The average molecular weight is 568 g/mol. The van der Waals surface area contributed by atoms with Crippen LogP contribution in [-0.2, 0) is 17.8 Å². The van der Waals surface area contributed by atoms with Gasteiger partial charge in [0.1, 0.15) is 12.4 Å². The number of carboxylic acids is 1. The van der Waals surface area contributed by atoms with Crippen LogP contribution < -0.4 is 15.5 Å². The summed E-state index contributed by atoms with van der Waals surface area (Å²) in [6.45, 7) is 3.71. The van der Waals surface area contributed by atoms with Crippen molar-refractivity contribution >= 4 is 45.7 Å². The first-order chi connectivity index (χ1) is 20.3. The number of anilines is 3. The number of piperidine rings is 1. The number of benzene rings is 3. The van der Waals surface area contributed by atoms with Crippen molar-refractivity contribution in [2.45, 2.75) is 39.2 Å². The lowest BCUT2D eigenvalue weighted by atomic mass is 10.1. The van der Waals surface area contributed by atoms with Gasteiger partial charge in [0.15, 0.2) is 5.69 Å². The molecular formula is C32H30FN5O4. The minimum atomic E-state index is -1.15. The number of para-hydroxylation sites is 1.